The van der Waals surface area contributed by atoms with Gasteiger partial charge in [0.15, 0.2) is 0 Å². The van der Waals surface area contributed by atoms with Crippen molar-refractivity contribution in [3.8, 4) is 5.75 Å². The van der Waals surface area contributed by atoms with E-state index < -0.39 is 17.5 Å². The summed E-state index contributed by atoms with van der Waals surface area (Å²) in [5, 5.41) is 6.16. The fourth-order valence-electron chi connectivity index (χ4n) is 2.82. The van der Waals surface area contributed by atoms with Crippen LogP contribution in [-0.4, -0.2) is 36.5 Å². The van der Waals surface area contributed by atoms with Gasteiger partial charge >= 0.3 is 0 Å². The fourth-order valence-corrected chi connectivity index (χ4v) is 2.82. The Hall–Kier alpha value is -3.55. The molecule has 3 rings (SSSR count). The number of rotatable bonds is 9. The van der Waals surface area contributed by atoms with Gasteiger partial charge in [0.25, 0.3) is 5.91 Å². The lowest BCUT2D eigenvalue weighted by molar-refractivity contribution is -0.120. The van der Waals surface area contributed by atoms with Crippen LogP contribution in [0.4, 0.5) is 8.78 Å². The summed E-state index contributed by atoms with van der Waals surface area (Å²) in [4.78, 5) is 28.0. The molecule has 1 aromatic heterocycles. The average Bonchev–Trinajstić information content (AvgIpc) is 2.73. The summed E-state index contributed by atoms with van der Waals surface area (Å²) in [6, 6.07) is 12.2. The number of carbonyl (C=O) groups is 2. The molecule has 2 amide bonds. The van der Waals surface area contributed by atoms with Crippen molar-refractivity contribution < 1.29 is 23.1 Å². The SMILES string of the molecule is O=C(CCNC(=O)c1ccc(F)cc1F)NCCCOc1cccc2cccnc12. The van der Waals surface area contributed by atoms with Crippen LogP contribution in [0.3, 0.4) is 0 Å². The smallest absolute Gasteiger partial charge is 0.254 e. The third kappa shape index (κ3) is 5.73. The number of pyridine rings is 1. The van der Waals surface area contributed by atoms with Gasteiger partial charge in [0.05, 0.1) is 12.2 Å². The summed E-state index contributed by atoms with van der Waals surface area (Å²) < 4.78 is 32.2. The second-order valence-corrected chi connectivity index (χ2v) is 6.51. The second kappa shape index (κ2) is 10.3. The number of nitrogens with zero attached hydrogens (tertiary/aromatic N) is 1. The molecule has 30 heavy (non-hydrogen) atoms. The highest BCUT2D eigenvalue weighted by atomic mass is 19.1. The quantitative estimate of drug-likeness (QED) is 0.528. The largest absolute Gasteiger partial charge is 0.491 e. The van der Waals surface area contributed by atoms with E-state index in [9.17, 15) is 18.4 Å². The van der Waals surface area contributed by atoms with Crippen molar-refractivity contribution in [1.82, 2.24) is 15.6 Å². The number of aromatic nitrogens is 1. The predicted molar refractivity (Wildman–Crippen MR) is 108 cm³/mol. The molecule has 0 unspecified atom stereocenters. The highest BCUT2D eigenvalue weighted by molar-refractivity contribution is 5.94. The van der Waals surface area contributed by atoms with Gasteiger partial charge in [-0.15, -0.1) is 0 Å². The van der Waals surface area contributed by atoms with Crippen molar-refractivity contribution in [3.63, 3.8) is 0 Å². The Bertz CT molecular complexity index is 1040. The molecule has 3 aromatic rings. The van der Waals surface area contributed by atoms with Gasteiger partial charge in [-0.05, 0) is 30.7 Å². The van der Waals surface area contributed by atoms with Gasteiger partial charge in [0.2, 0.25) is 5.91 Å². The van der Waals surface area contributed by atoms with E-state index in [-0.39, 0.29) is 24.4 Å². The zero-order valence-corrected chi connectivity index (χ0v) is 16.2. The minimum atomic E-state index is -0.946. The zero-order chi connectivity index (χ0) is 21.3. The van der Waals surface area contributed by atoms with Crippen molar-refractivity contribution in [2.75, 3.05) is 19.7 Å². The first-order chi connectivity index (χ1) is 14.5. The molecule has 2 aromatic carbocycles. The first-order valence-electron chi connectivity index (χ1n) is 9.51. The molecule has 2 N–H and O–H groups in total. The lowest BCUT2D eigenvalue weighted by Gasteiger charge is -2.10. The molecular weight excluding hydrogens is 392 g/mol. The summed E-state index contributed by atoms with van der Waals surface area (Å²) >= 11 is 0. The molecule has 0 radical (unpaired) electrons. The van der Waals surface area contributed by atoms with Crippen LogP contribution in [0.5, 0.6) is 5.75 Å². The second-order valence-electron chi connectivity index (χ2n) is 6.51. The summed E-state index contributed by atoms with van der Waals surface area (Å²) in [6.45, 7) is 0.869. The minimum Gasteiger partial charge on any atom is -0.491 e. The van der Waals surface area contributed by atoms with Gasteiger partial charge < -0.3 is 15.4 Å². The molecule has 0 aliphatic rings. The standard InChI is InChI=1S/C22H21F2N3O3/c23-16-7-8-17(18(24)14-16)22(29)27-12-9-20(28)25-11-3-13-30-19-6-1-4-15-5-2-10-26-21(15)19/h1-2,4-8,10,14H,3,9,11-13H2,(H,25,28)(H,27,29). The third-order valence-electron chi connectivity index (χ3n) is 4.31. The third-order valence-corrected chi connectivity index (χ3v) is 4.31. The number of ether oxygens (including phenoxy) is 1. The molecule has 0 atom stereocenters. The highest BCUT2D eigenvalue weighted by Crippen LogP contribution is 2.22. The van der Waals surface area contributed by atoms with Gasteiger partial charge in [0, 0.05) is 37.2 Å². The summed E-state index contributed by atoms with van der Waals surface area (Å²) in [5.41, 5.74) is 0.522. The lowest BCUT2D eigenvalue weighted by atomic mass is 10.2. The van der Waals surface area contributed by atoms with Gasteiger partial charge in [0.1, 0.15) is 22.9 Å². The predicted octanol–water partition coefficient (Wildman–Crippen LogP) is 3.22. The first kappa shape index (κ1) is 21.2. The van der Waals surface area contributed by atoms with Crippen molar-refractivity contribution in [2.24, 2.45) is 0 Å². The molecule has 156 valence electrons. The number of benzene rings is 2. The first-order valence-corrected chi connectivity index (χ1v) is 9.51. The number of hydrogen-bond donors (Lipinski definition) is 2. The minimum absolute atomic E-state index is 0.0413. The van der Waals surface area contributed by atoms with Crippen LogP contribution in [0.15, 0.2) is 54.7 Å². The highest BCUT2D eigenvalue weighted by Gasteiger charge is 2.12. The number of para-hydroxylation sites is 1. The van der Waals surface area contributed by atoms with Gasteiger partial charge in [-0.3, -0.25) is 14.6 Å². The Morgan fingerprint density at radius 1 is 1.00 bits per heavy atom. The molecule has 0 aliphatic carbocycles. The molecular formula is C22H21F2N3O3. The van der Waals surface area contributed by atoms with Crippen molar-refractivity contribution in [2.45, 2.75) is 12.8 Å². The molecule has 0 saturated heterocycles. The van der Waals surface area contributed by atoms with E-state index in [1.165, 1.54) is 0 Å². The maximum absolute atomic E-state index is 13.5. The van der Waals surface area contributed by atoms with E-state index in [1.54, 1.807) is 6.20 Å². The Morgan fingerprint density at radius 3 is 2.67 bits per heavy atom. The fraction of sp³-hybridized carbons (Fsp3) is 0.227. The number of halogens is 2. The van der Waals surface area contributed by atoms with Gasteiger partial charge in [-0.2, -0.15) is 0 Å². The molecule has 0 spiro atoms. The monoisotopic (exact) mass is 413 g/mol. The van der Waals surface area contributed by atoms with Crippen LogP contribution in [0.1, 0.15) is 23.2 Å². The summed E-state index contributed by atoms with van der Waals surface area (Å²) in [7, 11) is 0. The Balaban J connectivity index is 1.33. The molecule has 0 saturated carbocycles. The van der Waals surface area contributed by atoms with E-state index in [0.717, 1.165) is 23.0 Å². The number of amides is 2. The lowest BCUT2D eigenvalue weighted by Crippen LogP contribution is -2.31. The van der Waals surface area contributed by atoms with E-state index in [0.29, 0.717) is 31.4 Å². The maximum atomic E-state index is 13.5. The van der Waals surface area contributed by atoms with Crippen LogP contribution in [0.2, 0.25) is 0 Å². The van der Waals surface area contributed by atoms with Crippen molar-refractivity contribution in [3.05, 3.63) is 71.9 Å². The molecule has 0 fully saturated rings. The van der Waals surface area contributed by atoms with E-state index in [2.05, 4.69) is 15.6 Å². The van der Waals surface area contributed by atoms with E-state index in [1.807, 2.05) is 30.3 Å². The number of carbonyl (C=O) groups excluding carboxylic acids is 2. The molecule has 0 aliphatic heterocycles. The van der Waals surface area contributed by atoms with Crippen LogP contribution in [-0.2, 0) is 4.79 Å². The number of nitrogens with one attached hydrogen (secondary N) is 2. The van der Waals surface area contributed by atoms with Crippen LogP contribution >= 0.6 is 0 Å². The number of hydrogen-bond acceptors (Lipinski definition) is 4. The Kier molecular flexibility index (Phi) is 7.26. The topological polar surface area (TPSA) is 80.3 Å². The zero-order valence-electron chi connectivity index (χ0n) is 16.2. The number of fused-ring (bicyclic) bond motifs is 1. The summed E-state index contributed by atoms with van der Waals surface area (Å²) in [5.74, 6) is -1.96. The van der Waals surface area contributed by atoms with Crippen LogP contribution < -0.4 is 15.4 Å². The van der Waals surface area contributed by atoms with E-state index in [4.69, 9.17) is 4.74 Å². The van der Waals surface area contributed by atoms with Crippen LogP contribution in [0.25, 0.3) is 10.9 Å². The molecule has 0 bridgehead atoms. The van der Waals surface area contributed by atoms with Gasteiger partial charge in [-0.1, -0.05) is 18.2 Å². The van der Waals surface area contributed by atoms with Crippen molar-refractivity contribution >= 4 is 22.7 Å². The average molecular weight is 413 g/mol. The normalized spacial score (nSPS) is 10.6. The van der Waals surface area contributed by atoms with Crippen LogP contribution in [0, 0.1) is 11.6 Å². The van der Waals surface area contributed by atoms with Crippen molar-refractivity contribution in [1.29, 1.82) is 0 Å². The molecule has 6 nitrogen and oxygen atoms in total. The summed E-state index contributed by atoms with van der Waals surface area (Å²) in [6.07, 6.45) is 2.35. The molecule has 8 heteroatoms. The Morgan fingerprint density at radius 2 is 1.83 bits per heavy atom. The van der Waals surface area contributed by atoms with E-state index >= 15 is 0 Å². The maximum Gasteiger partial charge on any atom is 0.254 e. The molecule has 1 heterocycles. The Labute approximate surface area is 172 Å². The van der Waals surface area contributed by atoms with Gasteiger partial charge in [-0.25, -0.2) is 8.78 Å².